The van der Waals surface area contributed by atoms with Crippen molar-refractivity contribution in [1.29, 1.82) is 0 Å². The van der Waals surface area contributed by atoms with Crippen molar-refractivity contribution in [3.05, 3.63) is 59.7 Å². The lowest BCUT2D eigenvalue weighted by Gasteiger charge is -2.38. The van der Waals surface area contributed by atoms with E-state index in [1.807, 2.05) is 50.2 Å². The van der Waals surface area contributed by atoms with Gasteiger partial charge in [0.25, 0.3) is 0 Å². The maximum absolute atomic E-state index is 14.2. The number of hydrogen-bond donors (Lipinski definition) is 1. The second-order valence-electron chi connectivity index (χ2n) is 6.41. The Hall–Kier alpha value is -1.45. The number of benzene rings is 2. The molecule has 0 amide bonds. The van der Waals surface area contributed by atoms with Crippen molar-refractivity contribution in [3.8, 4) is 11.1 Å². The Morgan fingerprint density at radius 2 is 1.38 bits per heavy atom. The second kappa shape index (κ2) is 8.06. The molecule has 4 nitrogen and oxygen atoms in total. The van der Waals surface area contributed by atoms with E-state index >= 15 is 0 Å². The number of nitrogens with one attached hydrogen (secondary N) is 1. The largest absolute Gasteiger partial charge is 0.359 e. The Labute approximate surface area is 156 Å². The van der Waals surface area contributed by atoms with Crippen LogP contribution >= 0.6 is 7.60 Å². The molecule has 5 heteroatoms. The zero-order valence-electron chi connectivity index (χ0n) is 15.8. The topological polar surface area (TPSA) is 47.6 Å². The first kappa shape index (κ1) is 19.3. The van der Waals surface area contributed by atoms with Gasteiger partial charge >= 0.3 is 7.60 Å². The van der Waals surface area contributed by atoms with Gasteiger partial charge in [-0.1, -0.05) is 61.9 Å². The van der Waals surface area contributed by atoms with Crippen LogP contribution in [0.2, 0.25) is 0 Å². The lowest BCUT2D eigenvalue weighted by atomic mass is 10.0. The van der Waals surface area contributed by atoms with Crippen LogP contribution in [-0.4, -0.2) is 19.8 Å². The van der Waals surface area contributed by atoms with Crippen LogP contribution in [0.15, 0.2) is 48.5 Å². The first-order valence-corrected chi connectivity index (χ1v) is 11.0. The normalized spacial score (nSPS) is 14.9. The Kier molecular flexibility index (Phi) is 5.99. The summed E-state index contributed by atoms with van der Waals surface area (Å²) in [6.07, 6.45) is 2.05. The minimum atomic E-state index is -3.51. The molecule has 0 radical (unpaired) electrons. The van der Waals surface area contributed by atoms with Gasteiger partial charge in [0.2, 0.25) is 0 Å². The number of rotatable bonds is 9. The second-order valence-corrected chi connectivity index (χ2v) is 8.60. The van der Waals surface area contributed by atoms with Crippen molar-refractivity contribution in [1.82, 2.24) is 5.32 Å². The highest BCUT2D eigenvalue weighted by Gasteiger charge is 2.58. The van der Waals surface area contributed by atoms with Crippen LogP contribution in [0.1, 0.15) is 44.7 Å². The molecule has 0 aromatic heterocycles. The molecular weight excluding hydrogens is 345 g/mol. The molecule has 2 aromatic rings. The molecule has 26 heavy (non-hydrogen) atoms. The summed E-state index contributed by atoms with van der Waals surface area (Å²) < 4.78 is 25.9. The molecule has 1 N–H and O–H groups in total. The Balaban J connectivity index is 2.28. The van der Waals surface area contributed by atoms with Crippen molar-refractivity contribution in [2.75, 3.05) is 19.8 Å². The molecule has 0 aliphatic heterocycles. The molecule has 0 atom stereocenters. The maximum atomic E-state index is 14.2. The van der Waals surface area contributed by atoms with Gasteiger partial charge in [-0.2, -0.15) is 0 Å². The van der Waals surface area contributed by atoms with Crippen molar-refractivity contribution >= 4 is 7.60 Å². The Morgan fingerprint density at radius 3 is 1.85 bits per heavy atom. The highest BCUT2D eigenvalue weighted by Crippen LogP contribution is 2.70. The van der Waals surface area contributed by atoms with E-state index < -0.39 is 12.9 Å². The first-order chi connectivity index (χ1) is 12.6. The van der Waals surface area contributed by atoms with Crippen LogP contribution < -0.4 is 5.32 Å². The molecule has 140 valence electrons. The minimum Gasteiger partial charge on any atom is -0.307 e. The summed E-state index contributed by atoms with van der Waals surface area (Å²) in [5, 5.41) is 2.63. The summed E-state index contributed by atoms with van der Waals surface area (Å²) in [4.78, 5) is 0. The van der Waals surface area contributed by atoms with Gasteiger partial charge in [-0.3, -0.25) is 9.88 Å². The molecule has 1 aliphatic carbocycles. The number of fused-ring (bicyclic) bond motifs is 3. The average Bonchev–Trinajstić information content (AvgIpc) is 2.94. The molecule has 1 aliphatic rings. The standard InChI is InChI=1S/C21H28NO3P/c1-4-7-16-22-21(26(23,24-5-2)25-6-3)19-14-10-8-12-17(19)18-13-9-11-15-20(18)21/h8-15,22H,4-7,16H2,1-3H3. The van der Waals surface area contributed by atoms with Crippen molar-refractivity contribution < 1.29 is 13.6 Å². The van der Waals surface area contributed by atoms with E-state index in [2.05, 4.69) is 24.4 Å². The molecule has 0 saturated carbocycles. The van der Waals surface area contributed by atoms with Crippen LogP contribution in [0, 0.1) is 0 Å². The molecule has 0 fully saturated rings. The fraction of sp³-hybridized carbons (Fsp3) is 0.429. The molecule has 0 unspecified atom stereocenters. The van der Waals surface area contributed by atoms with E-state index in [0.717, 1.165) is 41.6 Å². The van der Waals surface area contributed by atoms with Gasteiger partial charge < -0.3 is 9.05 Å². The molecular formula is C21H28NO3P. The highest BCUT2D eigenvalue weighted by atomic mass is 31.2. The monoisotopic (exact) mass is 373 g/mol. The number of hydrogen-bond acceptors (Lipinski definition) is 4. The van der Waals surface area contributed by atoms with Crippen LogP contribution in [0.4, 0.5) is 0 Å². The predicted molar refractivity (Wildman–Crippen MR) is 106 cm³/mol. The van der Waals surface area contributed by atoms with Crippen LogP contribution in [-0.2, 0) is 18.9 Å². The van der Waals surface area contributed by atoms with Crippen LogP contribution in [0.5, 0.6) is 0 Å². The first-order valence-electron chi connectivity index (χ1n) is 9.48. The van der Waals surface area contributed by atoms with Gasteiger partial charge in [-0.05, 0) is 49.1 Å². The summed E-state index contributed by atoms with van der Waals surface area (Å²) in [7, 11) is -3.51. The summed E-state index contributed by atoms with van der Waals surface area (Å²) in [5.41, 5.74) is 4.13. The summed E-state index contributed by atoms with van der Waals surface area (Å²) >= 11 is 0. The number of unbranched alkanes of at least 4 members (excludes halogenated alkanes) is 1. The minimum absolute atomic E-state index is 0.332. The van der Waals surface area contributed by atoms with Gasteiger partial charge in [-0.25, -0.2) is 0 Å². The summed E-state index contributed by atoms with van der Waals surface area (Å²) in [6, 6.07) is 16.3. The molecule has 3 rings (SSSR count). The molecule has 0 spiro atoms. The van der Waals surface area contributed by atoms with E-state index in [1.54, 1.807) is 0 Å². The van der Waals surface area contributed by atoms with Gasteiger partial charge in [0, 0.05) is 0 Å². The smallest absolute Gasteiger partial charge is 0.307 e. The van der Waals surface area contributed by atoms with E-state index in [9.17, 15) is 4.57 Å². The Morgan fingerprint density at radius 1 is 0.885 bits per heavy atom. The van der Waals surface area contributed by atoms with E-state index in [0.29, 0.717) is 13.2 Å². The Bertz CT molecular complexity index is 750. The zero-order valence-corrected chi connectivity index (χ0v) is 16.7. The van der Waals surface area contributed by atoms with E-state index in [4.69, 9.17) is 9.05 Å². The third-order valence-corrected chi connectivity index (χ3v) is 7.50. The zero-order chi connectivity index (χ0) is 18.6. The van der Waals surface area contributed by atoms with Crippen molar-refractivity contribution in [3.63, 3.8) is 0 Å². The predicted octanol–water partition coefficient (Wildman–Crippen LogP) is 5.52. The summed E-state index contributed by atoms with van der Waals surface area (Å²) in [5.74, 6) is 0. The van der Waals surface area contributed by atoms with Crippen LogP contribution in [0.25, 0.3) is 11.1 Å². The van der Waals surface area contributed by atoms with Gasteiger partial charge in [0.05, 0.1) is 13.2 Å². The molecule has 2 aromatic carbocycles. The fourth-order valence-corrected chi connectivity index (χ4v) is 6.24. The third kappa shape index (κ3) is 2.95. The lowest BCUT2D eigenvalue weighted by molar-refractivity contribution is 0.194. The molecule has 0 bridgehead atoms. The van der Waals surface area contributed by atoms with Gasteiger partial charge in [0.1, 0.15) is 0 Å². The van der Waals surface area contributed by atoms with Gasteiger partial charge in [-0.15, -0.1) is 0 Å². The van der Waals surface area contributed by atoms with E-state index in [-0.39, 0.29) is 0 Å². The van der Waals surface area contributed by atoms with Gasteiger partial charge in [0.15, 0.2) is 5.28 Å². The SMILES string of the molecule is CCCCNC1(P(=O)(OCC)OCC)c2ccccc2-c2ccccc21. The fourth-order valence-electron chi connectivity index (χ4n) is 3.81. The molecule has 0 heterocycles. The van der Waals surface area contributed by atoms with Crippen LogP contribution in [0.3, 0.4) is 0 Å². The third-order valence-electron chi connectivity index (χ3n) is 4.84. The van der Waals surface area contributed by atoms with Crippen molar-refractivity contribution in [2.45, 2.75) is 38.9 Å². The highest BCUT2D eigenvalue weighted by molar-refractivity contribution is 7.55. The quantitative estimate of drug-likeness (QED) is 0.464. The van der Waals surface area contributed by atoms with Crippen molar-refractivity contribution in [2.24, 2.45) is 0 Å². The maximum Gasteiger partial charge on any atom is 0.359 e. The molecule has 0 saturated heterocycles. The summed E-state index contributed by atoms with van der Waals surface area (Å²) in [6.45, 7) is 7.27. The lowest BCUT2D eigenvalue weighted by Crippen LogP contribution is -2.43. The average molecular weight is 373 g/mol. The van der Waals surface area contributed by atoms with E-state index in [1.165, 1.54) is 0 Å².